The van der Waals surface area contributed by atoms with Crippen LogP contribution in [0.5, 0.6) is 5.75 Å². The molecule has 1 aliphatic rings. The number of hydrogen-bond acceptors (Lipinski definition) is 7. The first-order valence-electron chi connectivity index (χ1n) is 9.98. The van der Waals surface area contributed by atoms with Crippen LogP contribution in [0.4, 0.5) is 0 Å². The van der Waals surface area contributed by atoms with Gasteiger partial charge in [-0.2, -0.15) is 0 Å². The van der Waals surface area contributed by atoms with E-state index in [1.54, 1.807) is 48.9 Å². The number of halogens is 2. The van der Waals surface area contributed by atoms with Crippen molar-refractivity contribution in [1.29, 1.82) is 0 Å². The van der Waals surface area contributed by atoms with Gasteiger partial charge < -0.3 is 24.0 Å². The summed E-state index contributed by atoms with van der Waals surface area (Å²) in [6.45, 7) is 2.52. The molecule has 1 aromatic heterocycles. The van der Waals surface area contributed by atoms with E-state index in [2.05, 4.69) is 4.98 Å². The maximum Gasteiger partial charge on any atom is 0.291 e. The van der Waals surface area contributed by atoms with Gasteiger partial charge in [-0.05, 0) is 43.3 Å². The minimum atomic E-state index is -1.50. The van der Waals surface area contributed by atoms with Gasteiger partial charge in [0.2, 0.25) is 5.79 Å². The second-order valence-corrected chi connectivity index (χ2v) is 8.14. The number of carbonyl (C=O) groups is 1. The third-order valence-electron chi connectivity index (χ3n) is 4.85. The van der Waals surface area contributed by atoms with E-state index >= 15 is 0 Å². The molecule has 10 nitrogen and oxygen atoms in total. The molecule has 2 atom stereocenters. The minimum Gasteiger partial charge on any atom is -0.491 e. The molecule has 0 radical (unpaired) electrons. The van der Waals surface area contributed by atoms with Gasteiger partial charge in [-0.1, -0.05) is 29.3 Å². The standard InChI is InChI=1S/C22H20Cl2N2O4.HNO3/c1-15(27)16-2-5-18(6-3-16)28-11-19-12-29-22(30-19,13-26-9-8-25-14-26)20-7-4-17(23)10-21(20)24;2-1(3)4/h2-10,14,19H,11-13H2,1H3;(H,2,3,4)/t19-,22-;/m1./s1. The van der Waals surface area contributed by atoms with Crippen LogP contribution >= 0.6 is 23.2 Å². The molecule has 2 aromatic carbocycles. The van der Waals surface area contributed by atoms with E-state index in [0.29, 0.717) is 40.1 Å². The number of ether oxygens (including phenoxy) is 3. The van der Waals surface area contributed by atoms with E-state index < -0.39 is 10.9 Å². The lowest BCUT2D eigenvalue weighted by atomic mass is 10.1. The Labute approximate surface area is 204 Å². The molecular formula is C22H21Cl2N3O7. The molecule has 0 unspecified atom stereocenters. The van der Waals surface area contributed by atoms with Crippen molar-refractivity contribution in [2.45, 2.75) is 25.4 Å². The number of nitrogens with zero attached hydrogens (tertiary/aromatic N) is 3. The molecule has 1 N–H and O–H groups in total. The normalized spacial score (nSPS) is 19.2. The zero-order valence-corrected chi connectivity index (χ0v) is 19.5. The van der Waals surface area contributed by atoms with Crippen molar-refractivity contribution in [3.05, 3.63) is 92.5 Å². The number of benzene rings is 2. The Morgan fingerprint density at radius 3 is 2.62 bits per heavy atom. The molecule has 2 heterocycles. The van der Waals surface area contributed by atoms with Gasteiger partial charge in [-0.3, -0.25) is 4.79 Å². The fourth-order valence-corrected chi connectivity index (χ4v) is 3.90. The first kappa shape index (κ1) is 25.4. The van der Waals surface area contributed by atoms with Crippen molar-refractivity contribution in [2.75, 3.05) is 13.2 Å². The number of ketones is 1. The molecule has 12 heteroatoms. The number of rotatable bonds is 7. The molecule has 34 heavy (non-hydrogen) atoms. The summed E-state index contributed by atoms with van der Waals surface area (Å²) in [5.74, 6) is -0.423. The number of imidazole rings is 1. The quantitative estimate of drug-likeness (QED) is 0.282. The lowest BCUT2D eigenvalue weighted by molar-refractivity contribution is -0.742. The van der Waals surface area contributed by atoms with E-state index in [4.69, 9.17) is 52.7 Å². The summed E-state index contributed by atoms with van der Waals surface area (Å²) < 4.78 is 20.2. The predicted octanol–water partition coefficient (Wildman–Crippen LogP) is 4.39. The summed E-state index contributed by atoms with van der Waals surface area (Å²) in [5.41, 5.74) is 1.33. The Bertz CT molecular complexity index is 1120. The topological polar surface area (TPSA) is 126 Å². The summed E-state index contributed by atoms with van der Waals surface area (Å²) in [7, 11) is 0. The second kappa shape index (κ2) is 11.3. The van der Waals surface area contributed by atoms with Gasteiger partial charge in [0.25, 0.3) is 5.09 Å². The number of carbonyl (C=O) groups excluding carboxylic acids is 1. The third kappa shape index (κ3) is 6.67. The van der Waals surface area contributed by atoms with Gasteiger partial charge in [0.1, 0.15) is 18.5 Å². The van der Waals surface area contributed by atoms with Crippen LogP contribution in [0.2, 0.25) is 10.0 Å². The van der Waals surface area contributed by atoms with Gasteiger partial charge in [-0.15, -0.1) is 10.1 Å². The molecule has 0 spiro atoms. The molecular weight excluding hydrogens is 489 g/mol. The fourth-order valence-electron chi connectivity index (χ4n) is 3.35. The maximum atomic E-state index is 11.4. The summed E-state index contributed by atoms with van der Waals surface area (Å²) in [5, 5.41) is 14.6. The largest absolute Gasteiger partial charge is 0.491 e. The van der Waals surface area contributed by atoms with Crippen molar-refractivity contribution >= 4 is 29.0 Å². The van der Waals surface area contributed by atoms with Crippen LogP contribution in [-0.2, 0) is 21.8 Å². The third-order valence-corrected chi connectivity index (χ3v) is 5.40. The highest BCUT2D eigenvalue weighted by molar-refractivity contribution is 6.35. The number of hydrogen-bond donors (Lipinski definition) is 1. The average molecular weight is 510 g/mol. The van der Waals surface area contributed by atoms with Crippen LogP contribution in [0.3, 0.4) is 0 Å². The van der Waals surface area contributed by atoms with Gasteiger partial charge >= 0.3 is 0 Å². The van der Waals surface area contributed by atoms with Crippen LogP contribution in [-0.4, -0.2) is 44.9 Å². The Balaban J connectivity index is 0.000000751. The summed E-state index contributed by atoms with van der Waals surface area (Å²) in [4.78, 5) is 23.9. The molecule has 3 aromatic rings. The summed E-state index contributed by atoms with van der Waals surface area (Å²) >= 11 is 12.5. The first-order valence-corrected chi connectivity index (χ1v) is 10.7. The van der Waals surface area contributed by atoms with E-state index in [1.807, 2.05) is 16.8 Å². The molecule has 4 rings (SSSR count). The SMILES string of the molecule is CC(=O)c1ccc(OC[C@@H]2CO[C@@](Cn3ccnc3)(c3ccc(Cl)cc3Cl)O2)cc1.O=[N+]([O-])O. The highest BCUT2D eigenvalue weighted by Crippen LogP contribution is 2.40. The molecule has 0 amide bonds. The Morgan fingerprint density at radius 1 is 1.32 bits per heavy atom. The monoisotopic (exact) mass is 509 g/mol. The van der Waals surface area contributed by atoms with E-state index in [1.165, 1.54) is 6.92 Å². The van der Waals surface area contributed by atoms with Gasteiger partial charge in [0, 0.05) is 28.5 Å². The summed E-state index contributed by atoms with van der Waals surface area (Å²) in [6, 6.07) is 12.2. The van der Waals surface area contributed by atoms with Crippen LogP contribution in [0.15, 0.2) is 61.2 Å². The highest BCUT2D eigenvalue weighted by Gasteiger charge is 2.45. The average Bonchev–Trinajstić information content (AvgIpc) is 3.43. The highest BCUT2D eigenvalue weighted by atomic mass is 35.5. The zero-order valence-electron chi connectivity index (χ0n) is 18.0. The van der Waals surface area contributed by atoms with Crippen LogP contribution in [0.25, 0.3) is 0 Å². The number of Topliss-reactive ketones (excluding diaryl/α,β-unsaturated/α-hetero) is 1. The predicted molar refractivity (Wildman–Crippen MR) is 122 cm³/mol. The summed E-state index contributed by atoms with van der Waals surface area (Å²) in [6.07, 6.45) is 4.90. The molecule has 1 saturated heterocycles. The van der Waals surface area contributed by atoms with Crippen LogP contribution in [0, 0.1) is 10.1 Å². The molecule has 0 saturated carbocycles. The maximum absolute atomic E-state index is 11.4. The van der Waals surface area contributed by atoms with Crippen molar-refractivity contribution in [3.8, 4) is 5.75 Å². The zero-order chi connectivity index (χ0) is 24.7. The van der Waals surface area contributed by atoms with E-state index in [-0.39, 0.29) is 18.5 Å². The van der Waals surface area contributed by atoms with Gasteiger partial charge in [0.05, 0.1) is 24.5 Å². The van der Waals surface area contributed by atoms with E-state index in [9.17, 15) is 4.79 Å². The van der Waals surface area contributed by atoms with Crippen molar-refractivity contribution in [2.24, 2.45) is 0 Å². The molecule has 1 aliphatic heterocycles. The van der Waals surface area contributed by atoms with Crippen LogP contribution in [0.1, 0.15) is 22.8 Å². The molecule has 1 fully saturated rings. The Hall–Kier alpha value is -3.18. The van der Waals surface area contributed by atoms with Crippen molar-refractivity contribution < 1.29 is 29.3 Å². The second-order valence-electron chi connectivity index (χ2n) is 7.29. The lowest BCUT2D eigenvalue weighted by Crippen LogP contribution is -2.34. The molecule has 0 bridgehead atoms. The smallest absolute Gasteiger partial charge is 0.291 e. The Kier molecular flexibility index (Phi) is 8.46. The minimum absolute atomic E-state index is 0.0122. The van der Waals surface area contributed by atoms with Gasteiger partial charge in [0.15, 0.2) is 5.78 Å². The first-order chi connectivity index (χ1) is 16.2. The molecule has 0 aliphatic carbocycles. The van der Waals surface area contributed by atoms with Gasteiger partial charge in [-0.25, -0.2) is 4.98 Å². The lowest BCUT2D eigenvalue weighted by Gasteiger charge is -2.30. The van der Waals surface area contributed by atoms with Crippen molar-refractivity contribution in [1.82, 2.24) is 9.55 Å². The molecule has 180 valence electrons. The van der Waals surface area contributed by atoms with Crippen molar-refractivity contribution in [3.63, 3.8) is 0 Å². The fraction of sp³-hybridized carbons (Fsp3) is 0.273. The van der Waals surface area contributed by atoms with Crippen LogP contribution < -0.4 is 4.74 Å². The van der Waals surface area contributed by atoms with E-state index in [0.717, 1.165) is 0 Å². The number of aromatic nitrogens is 2. The Morgan fingerprint density at radius 2 is 2.03 bits per heavy atom.